The van der Waals surface area contributed by atoms with Crippen LogP contribution in [-0.2, 0) is 17.8 Å². The molecule has 2 aromatic heterocycles. The van der Waals surface area contributed by atoms with Crippen molar-refractivity contribution in [3.05, 3.63) is 70.6 Å². The summed E-state index contributed by atoms with van der Waals surface area (Å²) in [4.78, 5) is 28.6. The number of fused-ring (bicyclic) bond motifs is 1. The van der Waals surface area contributed by atoms with Crippen molar-refractivity contribution in [2.24, 2.45) is 0 Å². The highest BCUT2D eigenvalue weighted by Gasteiger charge is 2.10. The van der Waals surface area contributed by atoms with Crippen LogP contribution in [0.5, 0.6) is 0 Å². The summed E-state index contributed by atoms with van der Waals surface area (Å²) >= 11 is 5.94. The van der Waals surface area contributed by atoms with Gasteiger partial charge in [0.1, 0.15) is 5.65 Å². The number of amides is 1. The Kier molecular flexibility index (Phi) is 5.68. The Bertz CT molecular complexity index is 932. The van der Waals surface area contributed by atoms with E-state index < -0.39 is 0 Å². The van der Waals surface area contributed by atoms with Crippen molar-refractivity contribution in [3.63, 3.8) is 0 Å². The number of pyridine rings is 1. The molecule has 3 rings (SSSR count). The number of rotatable bonds is 7. The lowest BCUT2D eigenvalue weighted by Crippen LogP contribution is -2.23. The number of aromatic nitrogens is 2. The fourth-order valence-electron chi connectivity index (χ4n) is 2.68. The lowest BCUT2D eigenvalue weighted by Gasteiger charge is -2.04. The number of nitrogens with zero attached hydrogens (tertiary/aromatic N) is 2. The Morgan fingerprint density at radius 2 is 1.85 bits per heavy atom. The van der Waals surface area contributed by atoms with E-state index in [0.717, 1.165) is 17.8 Å². The molecule has 0 bridgehead atoms. The third-order valence-electron chi connectivity index (χ3n) is 4.19. The van der Waals surface area contributed by atoms with Crippen molar-refractivity contribution in [1.82, 2.24) is 14.7 Å². The second-order valence-electron chi connectivity index (χ2n) is 6.10. The number of nitrogens with one attached hydrogen (secondary N) is 1. The predicted octanol–water partition coefficient (Wildman–Crippen LogP) is 3.83. The molecule has 0 saturated carbocycles. The molecule has 26 heavy (non-hydrogen) atoms. The summed E-state index contributed by atoms with van der Waals surface area (Å²) in [6.45, 7) is 2.39. The molecule has 134 valence electrons. The van der Waals surface area contributed by atoms with Gasteiger partial charge in [0.2, 0.25) is 5.91 Å². The van der Waals surface area contributed by atoms with Gasteiger partial charge in [-0.3, -0.25) is 9.59 Å². The summed E-state index contributed by atoms with van der Waals surface area (Å²) < 4.78 is 1.81. The van der Waals surface area contributed by atoms with E-state index in [9.17, 15) is 9.59 Å². The predicted molar refractivity (Wildman–Crippen MR) is 101 cm³/mol. The lowest BCUT2D eigenvalue weighted by atomic mass is 10.0. The van der Waals surface area contributed by atoms with E-state index in [0.29, 0.717) is 17.1 Å². The van der Waals surface area contributed by atoms with E-state index in [4.69, 9.17) is 11.6 Å². The minimum Gasteiger partial charge on any atom is -0.350 e. The van der Waals surface area contributed by atoms with Crippen molar-refractivity contribution in [2.45, 2.75) is 32.7 Å². The molecule has 0 aliphatic rings. The Morgan fingerprint density at radius 3 is 2.58 bits per heavy atom. The molecule has 0 aliphatic heterocycles. The molecule has 5 nitrogen and oxygen atoms in total. The number of ketones is 1. The standard InChI is InChI=1S/C20H20ClN3O2/c1-2-14-3-5-15(6-4-14)18(25)8-10-20(26)22-11-17-13-24-12-16(21)7-9-19(24)23-17/h3-7,9,12-13H,2,8,10-11H2,1H3,(H,22,26). The van der Waals surface area contributed by atoms with Gasteiger partial charge in [-0.2, -0.15) is 0 Å². The Morgan fingerprint density at radius 1 is 1.08 bits per heavy atom. The summed E-state index contributed by atoms with van der Waals surface area (Å²) in [5, 5.41) is 3.42. The summed E-state index contributed by atoms with van der Waals surface area (Å²) in [7, 11) is 0. The van der Waals surface area contributed by atoms with Gasteiger partial charge in [-0.1, -0.05) is 42.8 Å². The molecule has 0 aliphatic carbocycles. The minimum absolute atomic E-state index is 0.0230. The van der Waals surface area contributed by atoms with Gasteiger partial charge in [0, 0.05) is 30.8 Å². The van der Waals surface area contributed by atoms with Crippen LogP contribution >= 0.6 is 11.6 Å². The fourth-order valence-corrected chi connectivity index (χ4v) is 2.85. The van der Waals surface area contributed by atoms with Crippen LogP contribution in [-0.4, -0.2) is 21.1 Å². The van der Waals surface area contributed by atoms with Crippen LogP contribution in [0.3, 0.4) is 0 Å². The van der Waals surface area contributed by atoms with Gasteiger partial charge in [0.25, 0.3) is 0 Å². The highest BCUT2D eigenvalue weighted by molar-refractivity contribution is 6.30. The number of imidazole rings is 1. The van der Waals surface area contributed by atoms with Gasteiger partial charge in [-0.05, 0) is 24.1 Å². The zero-order chi connectivity index (χ0) is 18.5. The number of hydrogen-bond donors (Lipinski definition) is 1. The highest BCUT2D eigenvalue weighted by atomic mass is 35.5. The van der Waals surface area contributed by atoms with E-state index in [-0.39, 0.29) is 24.5 Å². The first-order valence-electron chi connectivity index (χ1n) is 8.57. The van der Waals surface area contributed by atoms with Crippen LogP contribution in [0, 0.1) is 0 Å². The molecule has 6 heteroatoms. The summed E-state index contributed by atoms with van der Waals surface area (Å²) in [6, 6.07) is 11.1. The first-order valence-corrected chi connectivity index (χ1v) is 8.95. The number of aryl methyl sites for hydroxylation is 1. The maximum atomic E-state index is 12.2. The average molecular weight is 370 g/mol. The smallest absolute Gasteiger partial charge is 0.220 e. The van der Waals surface area contributed by atoms with Crippen molar-refractivity contribution >= 4 is 28.9 Å². The fraction of sp³-hybridized carbons (Fsp3) is 0.250. The molecular weight excluding hydrogens is 350 g/mol. The largest absolute Gasteiger partial charge is 0.350 e. The van der Waals surface area contributed by atoms with Crippen molar-refractivity contribution in [1.29, 1.82) is 0 Å². The van der Waals surface area contributed by atoms with Gasteiger partial charge in [0.05, 0.1) is 17.3 Å². The first kappa shape index (κ1) is 18.1. The second-order valence-corrected chi connectivity index (χ2v) is 6.53. The third-order valence-corrected chi connectivity index (χ3v) is 4.42. The van der Waals surface area contributed by atoms with E-state index in [2.05, 4.69) is 17.2 Å². The lowest BCUT2D eigenvalue weighted by molar-refractivity contribution is -0.121. The van der Waals surface area contributed by atoms with Crippen LogP contribution in [0.25, 0.3) is 5.65 Å². The van der Waals surface area contributed by atoms with Gasteiger partial charge < -0.3 is 9.72 Å². The topological polar surface area (TPSA) is 63.5 Å². The molecule has 0 saturated heterocycles. The van der Waals surface area contributed by atoms with E-state index in [1.807, 2.05) is 40.9 Å². The van der Waals surface area contributed by atoms with Crippen molar-refractivity contribution in [2.75, 3.05) is 0 Å². The Hall–Kier alpha value is -2.66. The van der Waals surface area contributed by atoms with Gasteiger partial charge in [-0.25, -0.2) is 4.98 Å². The van der Waals surface area contributed by atoms with Crippen LogP contribution in [0.2, 0.25) is 5.02 Å². The van der Waals surface area contributed by atoms with Crippen LogP contribution in [0.15, 0.2) is 48.8 Å². The number of benzene rings is 1. The normalized spacial score (nSPS) is 10.8. The van der Waals surface area contributed by atoms with Crippen molar-refractivity contribution < 1.29 is 9.59 Å². The molecule has 0 spiro atoms. The van der Waals surface area contributed by atoms with Crippen molar-refractivity contribution in [3.8, 4) is 0 Å². The minimum atomic E-state index is -0.168. The summed E-state index contributed by atoms with van der Waals surface area (Å²) in [6.07, 6.45) is 4.87. The SMILES string of the molecule is CCc1ccc(C(=O)CCC(=O)NCc2cn3cc(Cl)ccc3n2)cc1. The monoisotopic (exact) mass is 369 g/mol. The van der Waals surface area contributed by atoms with Gasteiger partial charge in [0.15, 0.2) is 5.78 Å². The number of halogens is 1. The summed E-state index contributed by atoms with van der Waals surface area (Å²) in [5.74, 6) is -0.191. The van der Waals surface area contributed by atoms with E-state index in [1.54, 1.807) is 12.3 Å². The van der Waals surface area contributed by atoms with Gasteiger partial charge >= 0.3 is 0 Å². The molecule has 1 aromatic carbocycles. The zero-order valence-electron chi connectivity index (χ0n) is 14.5. The molecule has 0 atom stereocenters. The van der Waals surface area contributed by atoms with Gasteiger partial charge in [-0.15, -0.1) is 0 Å². The Balaban J connectivity index is 1.49. The number of hydrogen-bond acceptors (Lipinski definition) is 3. The van der Waals surface area contributed by atoms with E-state index in [1.165, 1.54) is 5.56 Å². The zero-order valence-corrected chi connectivity index (χ0v) is 15.3. The van der Waals surface area contributed by atoms with Crippen LogP contribution < -0.4 is 5.32 Å². The maximum Gasteiger partial charge on any atom is 0.220 e. The molecular formula is C20H20ClN3O2. The van der Waals surface area contributed by atoms with Crippen LogP contribution in [0.1, 0.15) is 41.4 Å². The Labute approximate surface area is 157 Å². The molecule has 3 aromatic rings. The number of carbonyl (C=O) groups excluding carboxylic acids is 2. The molecule has 1 amide bonds. The molecule has 0 unspecified atom stereocenters. The van der Waals surface area contributed by atoms with E-state index >= 15 is 0 Å². The quantitative estimate of drug-likeness (QED) is 0.644. The first-order chi connectivity index (χ1) is 12.5. The molecule has 0 radical (unpaired) electrons. The maximum absolute atomic E-state index is 12.2. The van der Waals surface area contributed by atoms with Crippen LogP contribution in [0.4, 0.5) is 0 Å². The summed E-state index contributed by atoms with van der Waals surface area (Å²) in [5.41, 5.74) is 3.34. The highest BCUT2D eigenvalue weighted by Crippen LogP contribution is 2.12. The average Bonchev–Trinajstić information content (AvgIpc) is 3.06. The second kappa shape index (κ2) is 8.15. The molecule has 2 heterocycles. The third kappa shape index (κ3) is 4.49. The number of carbonyl (C=O) groups is 2. The molecule has 0 fully saturated rings. The molecule has 1 N–H and O–H groups in total. The number of Topliss-reactive ketones (excluding diaryl/α,β-unsaturated/α-hetero) is 1.